The van der Waals surface area contributed by atoms with Gasteiger partial charge in [-0.25, -0.2) is 4.79 Å². The second-order valence-corrected chi connectivity index (χ2v) is 4.22. The molecule has 2 N–H and O–H groups in total. The summed E-state index contributed by atoms with van der Waals surface area (Å²) in [4.78, 5) is 35.2. The molecule has 2 rings (SSSR count). The van der Waals surface area contributed by atoms with Gasteiger partial charge in [0.1, 0.15) is 0 Å². The molecule has 0 aromatic carbocycles. The molecule has 1 saturated heterocycles. The van der Waals surface area contributed by atoms with Gasteiger partial charge in [-0.2, -0.15) is 0 Å². The number of imide groups is 2. The maximum absolute atomic E-state index is 12.0. The Morgan fingerprint density at radius 2 is 1.94 bits per heavy atom. The maximum atomic E-state index is 12.0. The Morgan fingerprint density at radius 3 is 2.41 bits per heavy atom. The second-order valence-electron chi connectivity index (χ2n) is 4.22. The molecule has 4 amide bonds. The molecule has 1 heterocycles. The predicted molar refractivity (Wildman–Crippen MR) is 60.8 cm³/mol. The molecule has 17 heavy (non-hydrogen) atoms. The smallest absolute Gasteiger partial charge is 0.277 e. The van der Waals surface area contributed by atoms with Crippen molar-refractivity contribution in [2.75, 3.05) is 0 Å². The number of rotatable bonds is 2. The van der Waals surface area contributed by atoms with Gasteiger partial charge in [-0.05, 0) is 19.8 Å². The normalized spacial score (nSPS) is 27.4. The first-order valence-electron chi connectivity index (χ1n) is 5.58. The molecular weight excluding hydrogens is 220 g/mol. The van der Waals surface area contributed by atoms with Gasteiger partial charge in [0.2, 0.25) is 11.8 Å². The molecule has 2 aliphatic rings. The zero-order valence-corrected chi connectivity index (χ0v) is 9.53. The van der Waals surface area contributed by atoms with Gasteiger partial charge in [-0.3, -0.25) is 20.2 Å². The summed E-state index contributed by atoms with van der Waals surface area (Å²) in [5.41, 5.74) is -1.28. The topological polar surface area (TPSA) is 75.3 Å². The average molecular weight is 234 g/mol. The molecular formula is C12H14N2O3. The summed E-state index contributed by atoms with van der Waals surface area (Å²) in [6, 6.07) is -0.748. The quantitative estimate of drug-likeness (QED) is 0.550. The number of carbonyl (C=O) groups excluding carboxylic acids is 3. The van der Waals surface area contributed by atoms with Crippen LogP contribution in [0.15, 0.2) is 24.3 Å². The largest absolute Gasteiger partial charge is 0.328 e. The van der Waals surface area contributed by atoms with E-state index in [1.54, 1.807) is 19.1 Å². The molecule has 0 aromatic rings. The van der Waals surface area contributed by atoms with E-state index in [0.717, 1.165) is 12.8 Å². The van der Waals surface area contributed by atoms with Crippen molar-refractivity contribution < 1.29 is 14.4 Å². The molecule has 1 aliphatic carbocycles. The third-order valence-electron chi connectivity index (χ3n) is 3.23. The number of nitrogens with one attached hydrogen (secondary N) is 2. The fourth-order valence-corrected chi connectivity index (χ4v) is 2.43. The number of hydrogen-bond acceptors (Lipinski definition) is 3. The molecule has 90 valence electrons. The van der Waals surface area contributed by atoms with Crippen molar-refractivity contribution in [3.8, 4) is 0 Å². The number of barbiturate groups is 1. The van der Waals surface area contributed by atoms with Crippen LogP contribution in [-0.2, 0) is 9.59 Å². The fourth-order valence-electron chi connectivity index (χ4n) is 2.43. The van der Waals surface area contributed by atoms with Crippen molar-refractivity contribution in [1.29, 1.82) is 0 Å². The number of allylic oxidation sites excluding steroid dienone is 3. The lowest BCUT2D eigenvalue weighted by molar-refractivity contribution is -0.143. The lowest BCUT2D eigenvalue weighted by Crippen LogP contribution is -2.63. The summed E-state index contributed by atoms with van der Waals surface area (Å²) in [6.07, 6.45) is 8.64. The molecule has 0 spiro atoms. The highest BCUT2D eigenvalue weighted by molar-refractivity contribution is 6.20. The van der Waals surface area contributed by atoms with Gasteiger partial charge >= 0.3 is 6.03 Å². The van der Waals surface area contributed by atoms with Gasteiger partial charge in [0.15, 0.2) is 5.41 Å². The fraction of sp³-hybridized carbons (Fsp3) is 0.417. The SMILES string of the molecule is C/C=C/C1(C2C=CCC2)C(=O)NC(=O)NC1=O. The van der Waals surface area contributed by atoms with Crippen LogP contribution in [-0.4, -0.2) is 17.8 Å². The van der Waals surface area contributed by atoms with Gasteiger partial charge in [0.05, 0.1) is 0 Å². The van der Waals surface area contributed by atoms with Crippen LogP contribution in [0.2, 0.25) is 0 Å². The molecule has 0 radical (unpaired) electrons. The van der Waals surface area contributed by atoms with Crippen LogP contribution in [0.25, 0.3) is 0 Å². The first-order valence-corrected chi connectivity index (χ1v) is 5.58. The molecule has 1 atom stereocenters. The third-order valence-corrected chi connectivity index (χ3v) is 3.23. The van der Waals surface area contributed by atoms with E-state index in [2.05, 4.69) is 10.6 Å². The van der Waals surface area contributed by atoms with E-state index in [9.17, 15) is 14.4 Å². The van der Waals surface area contributed by atoms with E-state index in [0.29, 0.717) is 0 Å². The van der Waals surface area contributed by atoms with E-state index in [1.165, 1.54) is 0 Å². The van der Waals surface area contributed by atoms with Gasteiger partial charge < -0.3 is 0 Å². The maximum Gasteiger partial charge on any atom is 0.328 e. The van der Waals surface area contributed by atoms with Crippen LogP contribution in [0, 0.1) is 11.3 Å². The standard InChI is InChI=1S/C12H14N2O3/c1-2-7-12(8-5-3-4-6-8)9(15)13-11(17)14-10(12)16/h2-3,5,7-8H,4,6H2,1H3,(H2,13,14,15,16,17)/b7-2+. The van der Waals surface area contributed by atoms with E-state index in [1.807, 2.05) is 12.2 Å². The summed E-state index contributed by atoms with van der Waals surface area (Å²) < 4.78 is 0. The molecule has 0 bridgehead atoms. The van der Waals surface area contributed by atoms with Crippen LogP contribution in [0.4, 0.5) is 4.79 Å². The minimum atomic E-state index is -1.28. The molecule has 0 aromatic heterocycles. The Morgan fingerprint density at radius 1 is 1.29 bits per heavy atom. The highest BCUT2D eigenvalue weighted by Crippen LogP contribution is 2.39. The Bertz CT molecular complexity index is 417. The Labute approximate surface area is 98.9 Å². The Hall–Kier alpha value is -1.91. The third kappa shape index (κ3) is 1.67. The van der Waals surface area contributed by atoms with Crippen molar-refractivity contribution in [3.63, 3.8) is 0 Å². The average Bonchev–Trinajstić information content (AvgIpc) is 2.77. The highest BCUT2D eigenvalue weighted by atomic mass is 16.2. The Balaban J connectivity index is 2.45. The van der Waals surface area contributed by atoms with Crippen molar-refractivity contribution >= 4 is 17.8 Å². The van der Waals surface area contributed by atoms with Crippen molar-refractivity contribution in [2.24, 2.45) is 11.3 Å². The van der Waals surface area contributed by atoms with E-state index in [-0.39, 0.29) is 5.92 Å². The summed E-state index contributed by atoms with van der Waals surface area (Å²) in [5.74, 6) is -1.27. The monoisotopic (exact) mass is 234 g/mol. The summed E-state index contributed by atoms with van der Waals surface area (Å²) in [5, 5.41) is 4.33. The van der Waals surface area contributed by atoms with E-state index >= 15 is 0 Å². The summed E-state index contributed by atoms with van der Waals surface area (Å²) in [7, 11) is 0. The van der Waals surface area contributed by atoms with Crippen LogP contribution >= 0.6 is 0 Å². The molecule has 1 aliphatic heterocycles. The highest BCUT2D eigenvalue weighted by Gasteiger charge is 2.53. The molecule has 1 fully saturated rings. The number of amides is 4. The molecule has 5 heteroatoms. The molecule has 1 unspecified atom stereocenters. The number of hydrogen-bond donors (Lipinski definition) is 2. The van der Waals surface area contributed by atoms with E-state index < -0.39 is 23.3 Å². The van der Waals surface area contributed by atoms with E-state index in [4.69, 9.17) is 0 Å². The van der Waals surface area contributed by atoms with Gasteiger partial charge in [-0.1, -0.05) is 24.3 Å². The number of carbonyl (C=O) groups is 3. The first kappa shape index (κ1) is 11.6. The van der Waals surface area contributed by atoms with Crippen molar-refractivity contribution in [1.82, 2.24) is 10.6 Å². The lowest BCUT2D eigenvalue weighted by atomic mass is 9.72. The molecule has 5 nitrogen and oxygen atoms in total. The lowest BCUT2D eigenvalue weighted by Gasteiger charge is -2.35. The van der Waals surface area contributed by atoms with Crippen molar-refractivity contribution in [3.05, 3.63) is 24.3 Å². The summed E-state index contributed by atoms with van der Waals surface area (Å²) in [6.45, 7) is 1.75. The minimum absolute atomic E-state index is 0.188. The van der Waals surface area contributed by atoms with Crippen molar-refractivity contribution in [2.45, 2.75) is 19.8 Å². The van der Waals surface area contributed by atoms with Gasteiger partial charge in [0, 0.05) is 5.92 Å². The van der Waals surface area contributed by atoms with Crippen LogP contribution in [0.3, 0.4) is 0 Å². The minimum Gasteiger partial charge on any atom is -0.277 e. The van der Waals surface area contributed by atoms with Crippen LogP contribution in [0.1, 0.15) is 19.8 Å². The number of urea groups is 1. The predicted octanol–water partition coefficient (Wildman–Crippen LogP) is 0.881. The second kappa shape index (κ2) is 4.16. The van der Waals surface area contributed by atoms with Crippen LogP contribution in [0.5, 0.6) is 0 Å². The zero-order valence-electron chi connectivity index (χ0n) is 9.53. The van der Waals surface area contributed by atoms with Gasteiger partial charge in [0.25, 0.3) is 0 Å². The summed E-state index contributed by atoms with van der Waals surface area (Å²) >= 11 is 0. The zero-order chi connectivity index (χ0) is 12.5. The van der Waals surface area contributed by atoms with Crippen LogP contribution < -0.4 is 10.6 Å². The van der Waals surface area contributed by atoms with Gasteiger partial charge in [-0.15, -0.1) is 0 Å². The molecule has 0 saturated carbocycles. The first-order chi connectivity index (χ1) is 8.11. The Kier molecular flexibility index (Phi) is 2.83.